The number of carboxylic acid groups (broad SMARTS) is 1. The number of carbonyl (C=O) groups excluding carboxylic acids is 1. The molecule has 94 valence electrons. The topological polar surface area (TPSA) is 96.3 Å². The number of carbonyl (C=O) groups is 2. The third kappa shape index (κ3) is 4.54. The maximum atomic E-state index is 11.2. The fraction of sp³-hybridized carbons (Fsp3) is 0.500. The molecule has 0 aliphatic carbocycles. The van der Waals surface area contributed by atoms with Gasteiger partial charge in [-0.1, -0.05) is 0 Å². The van der Waals surface area contributed by atoms with E-state index in [1.54, 1.807) is 10.9 Å². The number of rotatable bonds is 5. The number of urea groups is 1. The number of aromatic nitrogens is 2. The Bertz CT molecular complexity index is 402. The molecule has 1 atom stereocenters. The second-order valence-electron chi connectivity index (χ2n) is 3.73. The van der Waals surface area contributed by atoms with Crippen LogP contribution in [0.3, 0.4) is 0 Å². The molecule has 0 aliphatic rings. The zero-order chi connectivity index (χ0) is 12.8. The van der Waals surface area contributed by atoms with E-state index in [4.69, 9.17) is 5.11 Å². The number of hydrogen-bond acceptors (Lipinski definition) is 3. The Morgan fingerprint density at radius 2 is 2.29 bits per heavy atom. The fourth-order valence-electron chi connectivity index (χ4n) is 1.23. The molecule has 0 saturated heterocycles. The third-order valence-corrected chi connectivity index (χ3v) is 2.18. The van der Waals surface area contributed by atoms with Crippen molar-refractivity contribution >= 4 is 12.0 Å². The van der Waals surface area contributed by atoms with E-state index in [1.807, 2.05) is 13.2 Å². The molecule has 1 heterocycles. The predicted octanol–water partition coefficient (Wildman–Crippen LogP) is -0.265. The molecule has 0 aromatic carbocycles. The third-order valence-electron chi connectivity index (χ3n) is 2.18. The highest BCUT2D eigenvalue weighted by molar-refractivity contribution is 5.82. The molecule has 3 N–H and O–H groups in total. The molecule has 7 heteroatoms. The van der Waals surface area contributed by atoms with Gasteiger partial charge >= 0.3 is 12.0 Å². The Morgan fingerprint density at radius 3 is 2.82 bits per heavy atom. The Kier molecular flexibility index (Phi) is 4.50. The molecule has 17 heavy (non-hydrogen) atoms. The summed E-state index contributed by atoms with van der Waals surface area (Å²) in [6.07, 6.45) is 4.24. The lowest BCUT2D eigenvalue weighted by molar-refractivity contribution is -0.138. The molecule has 1 rings (SSSR count). The minimum Gasteiger partial charge on any atom is -0.480 e. The lowest BCUT2D eigenvalue weighted by atomic mass is 10.2. The first-order chi connectivity index (χ1) is 7.99. The van der Waals surface area contributed by atoms with E-state index in [1.165, 1.54) is 6.92 Å². The number of nitrogens with zero attached hydrogens (tertiary/aromatic N) is 2. The Hall–Kier alpha value is -2.05. The van der Waals surface area contributed by atoms with E-state index in [0.717, 1.165) is 5.56 Å². The van der Waals surface area contributed by atoms with Gasteiger partial charge in [-0.25, -0.2) is 4.79 Å². The van der Waals surface area contributed by atoms with E-state index in [0.29, 0.717) is 13.0 Å². The summed E-state index contributed by atoms with van der Waals surface area (Å²) >= 11 is 0. The Morgan fingerprint density at radius 1 is 1.59 bits per heavy atom. The van der Waals surface area contributed by atoms with E-state index >= 15 is 0 Å². The molecule has 0 bridgehead atoms. The molecule has 1 aromatic heterocycles. The van der Waals surface area contributed by atoms with Gasteiger partial charge in [-0.15, -0.1) is 0 Å². The lowest BCUT2D eigenvalue weighted by Gasteiger charge is -2.10. The zero-order valence-electron chi connectivity index (χ0n) is 9.80. The number of nitrogens with one attached hydrogen (secondary N) is 2. The molecule has 7 nitrogen and oxygen atoms in total. The average molecular weight is 240 g/mol. The van der Waals surface area contributed by atoms with Crippen molar-refractivity contribution in [2.45, 2.75) is 19.4 Å². The molecule has 0 saturated carbocycles. The summed E-state index contributed by atoms with van der Waals surface area (Å²) in [6.45, 7) is 1.84. The molecule has 1 aromatic rings. The van der Waals surface area contributed by atoms with Gasteiger partial charge in [-0.05, 0) is 18.9 Å². The number of carboxylic acids is 1. The van der Waals surface area contributed by atoms with Gasteiger partial charge in [0.1, 0.15) is 6.04 Å². The van der Waals surface area contributed by atoms with Gasteiger partial charge in [0.05, 0.1) is 6.20 Å². The molecule has 2 amide bonds. The fourth-order valence-corrected chi connectivity index (χ4v) is 1.23. The molecule has 0 radical (unpaired) electrons. The second-order valence-corrected chi connectivity index (χ2v) is 3.73. The maximum Gasteiger partial charge on any atom is 0.325 e. The first-order valence-electron chi connectivity index (χ1n) is 5.23. The first kappa shape index (κ1) is 13.0. The molecule has 0 fully saturated rings. The monoisotopic (exact) mass is 240 g/mol. The Labute approximate surface area is 98.8 Å². The van der Waals surface area contributed by atoms with Crippen LogP contribution in [-0.4, -0.2) is 39.5 Å². The van der Waals surface area contributed by atoms with Crippen LogP contribution in [0.1, 0.15) is 12.5 Å². The highest BCUT2D eigenvalue weighted by atomic mass is 16.4. The zero-order valence-corrected chi connectivity index (χ0v) is 9.80. The molecular weight excluding hydrogens is 224 g/mol. The summed E-state index contributed by atoms with van der Waals surface area (Å²) in [5, 5.41) is 17.5. The summed E-state index contributed by atoms with van der Waals surface area (Å²) in [7, 11) is 1.82. The number of amides is 2. The van der Waals surface area contributed by atoms with Crippen LogP contribution in [0, 0.1) is 0 Å². The van der Waals surface area contributed by atoms with Crippen molar-refractivity contribution in [3.63, 3.8) is 0 Å². The van der Waals surface area contributed by atoms with Crippen LogP contribution in [0.25, 0.3) is 0 Å². The molecule has 0 aliphatic heterocycles. The van der Waals surface area contributed by atoms with Crippen molar-refractivity contribution in [1.29, 1.82) is 0 Å². The molecule has 1 unspecified atom stereocenters. The van der Waals surface area contributed by atoms with Gasteiger partial charge in [0.2, 0.25) is 0 Å². The summed E-state index contributed by atoms with van der Waals surface area (Å²) in [5.41, 5.74) is 1.01. The van der Waals surface area contributed by atoms with E-state index in [2.05, 4.69) is 15.7 Å². The van der Waals surface area contributed by atoms with Crippen LogP contribution in [0.2, 0.25) is 0 Å². The first-order valence-corrected chi connectivity index (χ1v) is 5.23. The van der Waals surface area contributed by atoms with Crippen molar-refractivity contribution in [1.82, 2.24) is 20.4 Å². The van der Waals surface area contributed by atoms with Crippen LogP contribution < -0.4 is 10.6 Å². The second kappa shape index (κ2) is 5.88. The van der Waals surface area contributed by atoms with E-state index in [9.17, 15) is 9.59 Å². The van der Waals surface area contributed by atoms with Gasteiger partial charge in [0.15, 0.2) is 0 Å². The van der Waals surface area contributed by atoms with Crippen LogP contribution in [0.4, 0.5) is 4.79 Å². The van der Waals surface area contributed by atoms with Crippen molar-refractivity contribution in [2.24, 2.45) is 7.05 Å². The maximum absolute atomic E-state index is 11.2. The van der Waals surface area contributed by atoms with E-state index in [-0.39, 0.29) is 0 Å². The van der Waals surface area contributed by atoms with Crippen LogP contribution in [0.5, 0.6) is 0 Å². The number of aliphatic carboxylic acids is 1. The quantitative estimate of drug-likeness (QED) is 0.660. The minimum absolute atomic E-state index is 0.434. The highest BCUT2D eigenvalue weighted by Gasteiger charge is 2.12. The molecule has 0 spiro atoms. The number of aryl methyl sites for hydroxylation is 1. The smallest absolute Gasteiger partial charge is 0.325 e. The van der Waals surface area contributed by atoms with Crippen LogP contribution in [0.15, 0.2) is 12.4 Å². The lowest BCUT2D eigenvalue weighted by Crippen LogP contribution is -2.44. The van der Waals surface area contributed by atoms with Crippen LogP contribution >= 0.6 is 0 Å². The average Bonchev–Trinajstić information content (AvgIpc) is 2.64. The van der Waals surface area contributed by atoms with Gasteiger partial charge in [0.25, 0.3) is 0 Å². The van der Waals surface area contributed by atoms with E-state index < -0.39 is 18.0 Å². The SMILES string of the molecule is CC(NC(=O)NCCc1cnn(C)c1)C(=O)O. The standard InChI is InChI=1S/C10H16N4O3/c1-7(9(15)16)13-10(17)11-4-3-8-5-12-14(2)6-8/h5-7H,3-4H2,1-2H3,(H,15,16)(H2,11,13,17). The van der Waals surface area contributed by atoms with Crippen LogP contribution in [-0.2, 0) is 18.3 Å². The molecular formula is C10H16N4O3. The summed E-state index contributed by atoms with van der Waals surface area (Å²) in [5.74, 6) is -1.06. The largest absolute Gasteiger partial charge is 0.480 e. The minimum atomic E-state index is -1.06. The van der Waals surface area contributed by atoms with Gasteiger partial charge < -0.3 is 15.7 Å². The van der Waals surface area contributed by atoms with Crippen molar-refractivity contribution in [2.75, 3.05) is 6.54 Å². The van der Waals surface area contributed by atoms with Gasteiger partial charge in [-0.2, -0.15) is 5.10 Å². The highest BCUT2D eigenvalue weighted by Crippen LogP contribution is 1.95. The normalized spacial score (nSPS) is 11.9. The summed E-state index contributed by atoms with van der Waals surface area (Å²) in [6, 6.07) is -1.38. The van der Waals surface area contributed by atoms with Crippen molar-refractivity contribution in [3.05, 3.63) is 18.0 Å². The van der Waals surface area contributed by atoms with Gasteiger partial charge in [-0.3, -0.25) is 9.48 Å². The number of hydrogen-bond donors (Lipinski definition) is 3. The van der Waals surface area contributed by atoms with Gasteiger partial charge in [0, 0.05) is 19.8 Å². The predicted molar refractivity (Wildman–Crippen MR) is 60.5 cm³/mol. The van der Waals surface area contributed by atoms with Crippen molar-refractivity contribution in [3.8, 4) is 0 Å². The summed E-state index contributed by atoms with van der Waals surface area (Å²) < 4.78 is 1.68. The summed E-state index contributed by atoms with van der Waals surface area (Å²) in [4.78, 5) is 21.7. The van der Waals surface area contributed by atoms with Crippen molar-refractivity contribution < 1.29 is 14.7 Å². The Balaban J connectivity index is 2.22.